The average Bonchev–Trinajstić information content (AvgIpc) is 1.84. The van der Waals surface area contributed by atoms with Crippen LogP contribution in [0.4, 0.5) is 0 Å². The molecule has 0 aliphatic carbocycles. The first kappa shape index (κ1) is 10.2. The minimum atomic E-state index is -0.407. The van der Waals surface area contributed by atoms with Crippen LogP contribution in [0.2, 0.25) is 0 Å². The minimum Gasteiger partial charge on any atom is -0.366 e. The fourth-order valence-corrected chi connectivity index (χ4v) is 0.805. The Bertz CT molecular complexity index is 161. The molecule has 0 rings (SSSR count). The summed E-state index contributed by atoms with van der Waals surface area (Å²) < 4.78 is 0. The second kappa shape index (κ2) is 4.13. The van der Waals surface area contributed by atoms with E-state index in [-0.39, 0.29) is 5.54 Å². The molecule has 0 aromatic heterocycles. The summed E-state index contributed by atoms with van der Waals surface area (Å²) in [5, 5.41) is 3.18. The average molecular weight is 156 g/mol. The molecule has 0 bridgehead atoms. The van der Waals surface area contributed by atoms with Crippen molar-refractivity contribution >= 4 is 5.91 Å². The van der Waals surface area contributed by atoms with Crippen LogP contribution in [0.1, 0.15) is 20.8 Å². The maximum atomic E-state index is 10.4. The van der Waals surface area contributed by atoms with Crippen LogP contribution >= 0.6 is 0 Å². The molecule has 64 valence electrons. The Morgan fingerprint density at radius 1 is 1.64 bits per heavy atom. The van der Waals surface area contributed by atoms with E-state index in [0.29, 0.717) is 0 Å². The molecule has 0 aromatic carbocycles. The monoisotopic (exact) mass is 156 g/mol. The molecule has 0 saturated heterocycles. The summed E-state index contributed by atoms with van der Waals surface area (Å²) in [6, 6.07) is 0. The molecule has 0 aliphatic rings. The molecule has 0 fully saturated rings. The van der Waals surface area contributed by atoms with Crippen molar-refractivity contribution in [1.82, 2.24) is 5.32 Å². The molecular weight excluding hydrogens is 140 g/mol. The van der Waals surface area contributed by atoms with E-state index >= 15 is 0 Å². The zero-order valence-corrected chi connectivity index (χ0v) is 7.35. The van der Waals surface area contributed by atoms with Gasteiger partial charge in [-0.3, -0.25) is 4.79 Å². The first-order chi connectivity index (χ1) is 4.98. The molecule has 0 saturated carbocycles. The highest BCUT2D eigenvalue weighted by molar-refractivity contribution is 5.85. The SMILES string of the molecule is CCNC(C)(C)C=CC(N)=O. The third-order valence-corrected chi connectivity index (χ3v) is 1.30. The number of nitrogens with one attached hydrogen (secondary N) is 1. The second-order valence-electron chi connectivity index (χ2n) is 2.99. The van der Waals surface area contributed by atoms with Crippen LogP contribution in [0.3, 0.4) is 0 Å². The van der Waals surface area contributed by atoms with Gasteiger partial charge in [0.05, 0.1) is 0 Å². The quantitative estimate of drug-likeness (QED) is 0.579. The van der Waals surface area contributed by atoms with E-state index in [1.807, 2.05) is 20.8 Å². The zero-order chi connectivity index (χ0) is 8.91. The zero-order valence-electron chi connectivity index (χ0n) is 7.35. The van der Waals surface area contributed by atoms with Gasteiger partial charge < -0.3 is 11.1 Å². The highest BCUT2D eigenvalue weighted by atomic mass is 16.1. The molecule has 1 amide bonds. The number of primary amides is 1. The van der Waals surface area contributed by atoms with Gasteiger partial charge in [0.1, 0.15) is 0 Å². The molecule has 3 heteroatoms. The first-order valence-corrected chi connectivity index (χ1v) is 3.71. The number of rotatable bonds is 4. The van der Waals surface area contributed by atoms with Crippen LogP contribution in [0.25, 0.3) is 0 Å². The molecule has 0 aromatic rings. The van der Waals surface area contributed by atoms with E-state index in [1.54, 1.807) is 6.08 Å². The van der Waals surface area contributed by atoms with Gasteiger partial charge in [-0.05, 0) is 20.4 Å². The van der Waals surface area contributed by atoms with Gasteiger partial charge in [-0.2, -0.15) is 0 Å². The van der Waals surface area contributed by atoms with Gasteiger partial charge >= 0.3 is 0 Å². The van der Waals surface area contributed by atoms with Crippen molar-refractivity contribution < 1.29 is 4.79 Å². The lowest BCUT2D eigenvalue weighted by atomic mass is 10.1. The van der Waals surface area contributed by atoms with E-state index in [4.69, 9.17) is 5.73 Å². The number of hydrogen-bond donors (Lipinski definition) is 2. The fraction of sp³-hybridized carbons (Fsp3) is 0.625. The largest absolute Gasteiger partial charge is 0.366 e. The molecule has 11 heavy (non-hydrogen) atoms. The Labute approximate surface area is 67.7 Å². The van der Waals surface area contributed by atoms with E-state index in [2.05, 4.69) is 5.32 Å². The Balaban J connectivity index is 3.99. The summed E-state index contributed by atoms with van der Waals surface area (Å²) in [5.74, 6) is -0.407. The van der Waals surface area contributed by atoms with Crippen molar-refractivity contribution in [3.05, 3.63) is 12.2 Å². The number of hydrogen-bond acceptors (Lipinski definition) is 2. The smallest absolute Gasteiger partial charge is 0.241 e. The van der Waals surface area contributed by atoms with Crippen LogP contribution in [0.15, 0.2) is 12.2 Å². The first-order valence-electron chi connectivity index (χ1n) is 3.71. The van der Waals surface area contributed by atoms with Crippen molar-refractivity contribution in [2.45, 2.75) is 26.3 Å². The Hall–Kier alpha value is -0.830. The predicted molar refractivity (Wildman–Crippen MR) is 46.1 cm³/mol. The number of carbonyl (C=O) groups is 1. The molecule has 3 nitrogen and oxygen atoms in total. The Morgan fingerprint density at radius 3 is 2.55 bits per heavy atom. The number of carbonyl (C=O) groups excluding carboxylic acids is 1. The third kappa shape index (κ3) is 5.61. The minimum absolute atomic E-state index is 0.149. The molecule has 0 spiro atoms. The van der Waals surface area contributed by atoms with Crippen LogP contribution in [-0.2, 0) is 4.79 Å². The van der Waals surface area contributed by atoms with Gasteiger partial charge in [-0.15, -0.1) is 0 Å². The van der Waals surface area contributed by atoms with Gasteiger partial charge in [0.15, 0.2) is 0 Å². The van der Waals surface area contributed by atoms with Crippen molar-refractivity contribution in [3.8, 4) is 0 Å². The van der Waals surface area contributed by atoms with Gasteiger partial charge in [0.2, 0.25) is 5.91 Å². The lowest BCUT2D eigenvalue weighted by molar-refractivity contribution is -0.113. The highest BCUT2D eigenvalue weighted by Gasteiger charge is 2.10. The summed E-state index contributed by atoms with van der Waals surface area (Å²) in [6.07, 6.45) is 3.14. The molecular formula is C8H16N2O. The van der Waals surface area contributed by atoms with Crippen LogP contribution in [-0.4, -0.2) is 18.0 Å². The van der Waals surface area contributed by atoms with Crippen LogP contribution < -0.4 is 11.1 Å². The van der Waals surface area contributed by atoms with E-state index < -0.39 is 5.91 Å². The van der Waals surface area contributed by atoms with Crippen LogP contribution in [0, 0.1) is 0 Å². The third-order valence-electron chi connectivity index (χ3n) is 1.30. The lowest BCUT2D eigenvalue weighted by Gasteiger charge is -2.20. The Morgan fingerprint density at radius 2 is 2.18 bits per heavy atom. The molecule has 0 unspecified atom stereocenters. The molecule has 0 heterocycles. The summed E-state index contributed by atoms with van der Waals surface area (Å²) in [5.41, 5.74) is 4.79. The lowest BCUT2D eigenvalue weighted by Crippen LogP contribution is -2.37. The van der Waals surface area contributed by atoms with Gasteiger partial charge in [0.25, 0.3) is 0 Å². The maximum absolute atomic E-state index is 10.4. The van der Waals surface area contributed by atoms with Crippen molar-refractivity contribution in [2.24, 2.45) is 5.73 Å². The van der Waals surface area contributed by atoms with Gasteiger partial charge in [-0.25, -0.2) is 0 Å². The van der Waals surface area contributed by atoms with E-state index in [1.165, 1.54) is 6.08 Å². The fourth-order valence-electron chi connectivity index (χ4n) is 0.805. The summed E-state index contributed by atoms with van der Waals surface area (Å²) >= 11 is 0. The summed E-state index contributed by atoms with van der Waals surface area (Å²) in [4.78, 5) is 10.4. The molecule has 3 N–H and O–H groups in total. The number of likely N-dealkylation sites (N-methyl/N-ethyl adjacent to an activating group) is 1. The molecule has 0 aliphatic heterocycles. The normalized spacial score (nSPS) is 12.3. The van der Waals surface area contributed by atoms with Crippen molar-refractivity contribution in [3.63, 3.8) is 0 Å². The standard InChI is InChI=1S/C8H16N2O/c1-4-10-8(2,3)6-5-7(9)11/h5-6,10H,4H2,1-3H3,(H2,9,11). The predicted octanol–water partition coefficient (Wildman–Crippen LogP) is 0.416. The van der Waals surface area contributed by atoms with E-state index in [0.717, 1.165) is 6.54 Å². The highest BCUT2D eigenvalue weighted by Crippen LogP contribution is 2.02. The van der Waals surface area contributed by atoms with E-state index in [9.17, 15) is 4.79 Å². The van der Waals surface area contributed by atoms with Crippen molar-refractivity contribution in [2.75, 3.05) is 6.54 Å². The molecule has 0 radical (unpaired) electrons. The number of nitrogens with two attached hydrogens (primary N) is 1. The summed E-state index contributed by atoms with van der Waals surface area (Å²) in [7, 11) is 0. The van der Waals surface area contributed by atoms with Gasteiger partial charge in [0, 0.05) is 11.6 Å². The summed E-state index contributed by atoms with van der Waals surface area (Å²) in [6.45, 7) is 6.85. The van der Waals surface area contributed by atoms with Crippen molar-refractivity contribution in [1.29, 1.82) is 0 Å². The second-order valence-corrected chi connectivity index (χ2v) is 2.99. The Kier molecular flexibility index (Phi) is 3.82. The molecule has 0 atom stereocenters. The van der Waals surface area contributed by atoms with Crippen LogP contribution in [0.5, 0.6) is 0 Å². The number of amides is 1. The van der Waals surface area contributed by atoms with Gasteiger partial charge in [-0.1, -0.05) is 13.0 Å². The maximum Gasteiger partial charge on any atom is 0.241 e. The topological polar surface area (TPSA) is 55.1 Å².